The second-order valence-corrected chi connectivity index (χ2v) is 5.69. The van der Waals surface area contributed by atoms with E-state index in [1.807, 2.05) is 13.0 Å². The Labute approximate surface area is 125 Å². The first-order chi connectivity index (χ1) is 10.2. The molecule has 0 aromatic carbocycles. The molecule has 0 radical (unpaired) electrons. The van der Waals surface area contributed by atoms with Gasteiger partial charge in [0.05, 0.1) is 12.2 Å². The first kappa shape index (κ1) is 14.0. The molecule has 0 bridgehead atoms. The van der Waals surface area contributed by atoms with Crippen LogP contribution in [0.5, 0.6) is 0 Å². The summed E-state index contributed by atoms with van der Waals surface area (Å²) < 4.78 is 2.29. The molecule has 0 amide bonds. The van der Waals surface area contributed by atoms with Crippen LogP contribution in [0.15, 0.2) is 6.07 Å². The van der Waals surface area contributed by atoms with Crippen molar-refractivity contribution in [2.45, 2.75) is 53.0 Å². The van der Waals surface area contributed by atoms with E-state index in [2.05, 4.69) is 33.7 Å². The van der Waals surface area contributed by atoms with E-state index < -0.39 is 0 Å². The second kappa shape index (κ2) is 5.84. The topological polar surface area (TPSA) is 55.6 Å². The fourth-order valence-electron chi connectivity index (χ4n) is 3.06. The summed E-state index contributed by atoms with van der Waals surface area (Å²) in [5.74, 6) is 2.85. The number of aryl methyl sites for hydroxylation is 3. The Kier molecular flexibility index (Phi) is 3.90. The van der Waals surface area contributed by atoms with Gasteiger partial charge in [-0.1, -0.05) is 0 Å². The normalized spacial score (nSPS) is 14.0. The summed E-state index contributed by atoms with van der Waals surface area (Å²) in [5.41, 5.74) is 3.66. The van der Waals surface area contributed by atoms with E-state index in [4.69, 9.17) is 4.98 Å². The zero-order valence-electron chi connectivity index (χ0n) is 13.1. The number of fused-ring (bicyclic) bond motifs is 1. The number of rotatable bonds is 4. The summed E-state index contributed by atoms with van der Waals surface area (Å²) in [5, 5.41) is 3.27. The maximum Gasteiger partial charge on any atom is 0.150 e. The molecule has 1 N–H and O–H groups in total. The fourth-order valence-corrected chi connectivity index (χ4v) is 3.06. The molecular weight excluding hydrogens is 262 g/mol. The molecule has 2 aromatic heterocycles. The lowest BCUT2D eigenvalue weighted by atomic mass is 10.0. The van der Waals surface area contributed by atoms with Crippen LogP contribution in [0.3, 0.4) is 0 Å². The Balaban J connectivity index is 1.91. The molecule has 0 unspecified atom stereocenters. The van der Waals surface area contributed by atoms with Crippen LogP contribution in [-0.2, 0) is 19.4 Å². The van der Waals surface area contributed by atoms with Crippen LogP contribution >= 0.6 is 0 Å². The minimum atomic E-state index is 0.717. The van der Waals surface area contributed by atoms with Crippen molar-refractivity contribution in [1.82, 2.24) is 19.5 Å². The zero-order valence-corrected chi connectivity index (χ0v) is 13.1. The van der Waals surface area contributed by atoms with Crippen molar-refractivity contribution >= 4 is 5.82 Å². The lowest BCUT2D eigenvalue weighted by Crippen LogP contribution is -2.13. The van der Waals surface area contributed by atoms with Gasteiger partial charge in [-0.3, -0.25) is 0 Å². The van der Waals surface area contributed by atoms with E-state index in [9.17, 15) is 0 Å². The predicted molar refractivity (Wildman–Crippen MR) is 83.6 cm³/mol. The second-order valence-electron chi connectivity index (χ2n) is 5.69. The minimum absolute atomic E-state index is 0.717. The van der Waals surface area contributed by atoms with Gasteiger partial charge in [0.25, 0.3) is 0 Å². The number of anilines is 1. The van der Waals surface area contributed by atoms with Crippen molar-refractivity contribution in [2.24, 2.45) is 0 Å². The van der Waals surface area contributed by atoms with Crippen molar-refractivity contribution < 1.29 is 0 Å². The lowest BCUT2D eigenvalue weighted by Gasteiger charge is -2.15. The Morgan fingerprint density at radius 1 is 1.14 bits per heavy atom. The van der Waals surface area contributed by atoms with Gasteiger partial charge in [-0.05, 0) is 46.5 Å². The maximum absolute atomic E-state index is 4.72. The number of nitrogens with zero attached hydrogens (tertiary/aromatic N) is 4. The van der Waals surface area contributed by atoms with Crippen molar-refractivity contribution in [2.75, 3.05) is 11.9 Å². The Morgan fingerprint density at radius 2 is 1.95 bits per heavy atom. The van der Waals surface area contributed by atoms with Gasteiger partial charge in [0.1, 0.15) is 11.6 Å². The third-order valence-corrected chi connectivity index (χ3v) is 3.98. The molecule has 2 heterocycles. The summed E-state index contributed by atoms with van der Waals surface area (Å²) in [7, 11) is 0. The molecule has 3 rings (SSSR count). The SMILES string of the molecule is CCNc1cc(C)nc(Cn2c(C)nc3c2CCCC3)n1. The molecule has 0 fully saturated rings. The van der Waals surface area contributed by atoms with Gasteiger partial charge in [-0.2, -0.15) is 0 Å². The molecule has 5 nitrogen and oxygen atoms in total. The molecular formula is C16H23N5. The van der Waals surface area contributed by atoms with Crippen LogP contribution < -0.4 is 5.32 Å². The van der Waals surface area contributed by atoms with E-state index in [-0.39, 0.29) is 0 Å². The van der Waals surface area contributed by atoms with Crippen LogP contribution in [0.1, 0.15) is 48.5 Å². The number of hydrogen-bond donors (Lipinski definition) is 1. The highest BCUT2D eigenvalue weighted by Crippen LogP contribution is 2.22. The standard InChI is InChI=1S/C16H23N5/c1-4-17-15-9-11(2)18-16(20-15)10-21-12(3)19-13-7-5-6-8-14(13)21/h9H,4-8,10H2,1-3H3,(H,17,18,20). The van der Waals surface area contributed by atoms with Gasteiger partial charge in [0, 0.05) is 24.0 Å². The van der Waals surface area contributed by atoms with Gasteiger partial charge < -0.3 is 9.88 Å². The Bertz CT molecular complexity index is 644. The van der Waals surface area contributed by atoms with Gasteiger partial charge in [0.15, 0.2) is 5.82 Å². The lowest BCUT2D eigenvalue weighted by molar-refractivity contribution is 0.614. The highest BCUT2D eigenvalue weighted by atomic mass is 15.1. The third-order valence-electron chi connectivity index (χ3n) is 3.98. The zero-order chi connectivity index (χ0) is 14.8. The van der Waals surface area contributed by atoms with Crippen molar-refractivity contribution in [3.05, 3.63) is 34.8 Å². The van der Waals surface area contributed by atoms with Crippen molar-refractivity contribution in [3.8, 4) is 0 Å². The monoisotopic (exact) mass is 285 g/mol. The average Bonchev–Trinajstić information content (AvgIpc) is 2.75. The molecule has 0 atom stereocenters. The third kappa shape index (κ3) is 2.91. The Hall–Kier alpha value is -1.91. The maximum atomic E-state index is 4.72. The van der Waals surface area contributed by atoms with Crippen LogP contribution in [0, 0.1) is 13.8 Å². The smallest absolute Gasteiger partial charge is 0.150 e. The molecule has 112 valence electrons. The molecule has 1 aliphatic carbocycles. The van der Waals surface area contributed by atoms with Crippen LogP contribution in [0.25, 0.3) is 0 Å². The largest absolute Gasteiger partial charge is 0.370 e. The first-order valence-corrected chi connectivity index (χ1v) is 7.80. The van der Waals surface area contributed by atoms with E-state index in [0.29, 0.717) is 6.54 Å². The van der Waals surface area contributed by atoms with E-state index >= 15 is 0 Å². The summed E-state index contributed by atoms with van der Waals surface area (Å²) in [4.78, 5) is 13.9. The van der Waals surface area contributed by atoms with Gasteiger partial charge in [-0.15, -0.1) is 0 Å². The summed E-state index contributed by atoms with van der Waals surface area (Å²) >= 11 is 0. The first-order valence-electron chi connectivity index (χ1n) is 7.80. The molecule has 2 aromatic rings. The molecule has 1 aliphatic rings. The summed E-state index contributed by atoms with van der Waals surface area (Å²) in [6.45, 7) is 7.76. The number of aromatic nitrogens is 4. The molecule has 5 heteroatoms. The van der Waals surface area contributed by atoms with Gasteiger partial charge in [-0.25, -0.2) is 15.0 Å². The van der Waals surface area contributed by atoms with Crippen LogP contribution in [0.4, 0.5) is 5.82 Å². The summed E-state index contributed by atoms with van der Waals surface area (Å²) in [6.07, 6.45) is 4.76. The number of nitrogens with one attached hydrogen (secondary N) is 1. The molecule has 0 saturated heterocycles. The Morgan fingerprint density at radius 3 is 2.76 bits per heavy atom. The minimum Gasteiger partial charge on any atom is -0.370 e. The molecule has 0 aliphatic heterocycles. The predicted octanol–water partition coefficient (Wildman–Crippen LogP) is 2.65. The van der Waals surface area contributed by atoms with Gasteiger partial charge >= 0.3 is 0 Å². The molecule has 0 saturated carbocycles. The van der Waals surface area contributed by atoms with Crippen LogP contribution in [0.2, 0.25) is 0 Å². The van der Waals surface area contributed by atoms with Crippen molar-refractivity contribution in [1.29, 1.82) is 0 Å². The molecule has 21 heavy (non-hydrogen) atoms. The van der Waals surface area contributed by atoms with Crippen LogP contribution in [-0.4, -0.2) is 26.1 Å². The quantitative estimate of drug-likeness (QED) is 0.938. The van der Waals surface area contributed by atoms with E-state index in [0.717, 1.165) is 42.5 Å². The molecule has 0 spiro atoms. The summed E-state index contributed by atoms with van der Waals surface area (Å²) in [6, 6.07) is 1.99. The average molecular weight is 285 g/mol. The van der Waals surface area contributed by atoms with Gasteiger partial charge in [0.2, 0.25) is 0 Å². The van der Waals surface area contributed by atoms with E-state index in [1.165, 1.54) is 24.2 Å². The number of hydrogen-bond acceptors (Lipinski definition) is 4. The fraction of sp³-hybridized carbons (Fsp3) is 0.562. The highest BCUT2D eigenvalue weighted by Gasteiger charge is 2.18. The van der Waals surface area contributed by atoms with Crippen molar-refractivity contribution in [3.63, 3.8) is 0 Å². The van der Waals surface area contributed by atoms with E-state index in [1.54, 1.807) is 0 Å². The number of imidazole rings is 1. The highest BCUT2D eigenvalue weighted by molar-refractivity contribution is 5.35.